The summed E-state index contributed by atoms with van der Waals surface area (Å²) >= 11 is 5.88. The van der Waals surface area contributed by atoms with Gasteiger partial charge in [0.25, 0.3) is 0 Å². The number of benzene rings is 2. The van der Waals surface area contributed by atoms with E-state index < -0.39 is 17.8 Å². The van der Waals surface area contributed by atoms with Crippen molar-refractivity contribution >= 4 is 40.8 Å². The van der Waals surface area contributed by atoms with Crippen LogP contribution in [0.5, 0.6) is 0 Å². The zero-order valence-electron chi connectivity index (χ0n) is 16.5. The Morgan fingerprint density at radius 3 is 2.29 bits per heavy atom. The van der Waals surface area contributed by atoms with Crippen LogP contribution in [0.25, 0.3) is 11.1 Å². The van der Waals surface area contributed by atoms with Gasteiger partial charge in [0.15, 0.2) is 0 Å². The van der Waals surface area contributed by atoms with Crippen LogP contribution in [-0.4, -0.2) is 38.1 Å². The Hall–Kier alpha value is -3.62. The van der Waals surface area contributed by atoms with Crippen LogP contribution in [0.4, 0.5) is 11.4 Å². The first-order chi connectivity index (χ1) is 15.0. The number of hydrogen-bond donors (Lipinski definition) is 2. The molecule has 0 bridgehead atoms. The van der Waals surface area contributed by atoms with Gasteiger partial charge in [0, 0.05) is 16.3 Å². The van der Waals surface area contributed by atoms with Gasteiger partial charge in [-0.3, -0.25) is 9.59 Å². The van der Waals surface area contributed by atoms with E-state index in [2.05, 4.69) is 15.4 Å². The van der Waals surface area contributed by atoms with Gasteiger partial charge in [0.2, 0.25) is 11.8 Å². The van der Waals surface area contributed by atoms with Crippen molar-refractivity contribution in [3.63, 3.8) is 0 Å². The summed E-state index contributed by atoms with van der Waals surface area (Å²) in [4.78, 5) is 35.9. The second-order valence-corrected chi connectivity index (χ2v) is 6.80. The molecular formula is C22H19ClN2O6. The van der Waals surface area contributed by atoms with Crippen LogP contribution >= 0.6 is 11.6 Å². The lowest BCUT2D eigenvalue weighted by Gasteiger charge is -2.11. The normalized spacial score (nSPS) is 10.4. The van der Waals surface area contributed by atoms with Crippen molar-refractivity contribution in [2.24, 2.45) is 0 Å². The number of halogens is 1. The molecule has 0 radical (unpaired) electrons. The summed E-state index contributed by atoms with van der Waals surface area (Å²) < 4.78 is 14.9. The second kappa shape index (κ2) is 10.4. The number of rotatable bonds is 8. The number of nitrogens with one attached hydrogen (secondary N) is 2. The molecule has 160 valence electrons. The molecule has 2 amide bonds. The Kier molecular flexibility index (Phi) is 7.42. The van der Waals surface area contributed by atoms with E-state index in [0.29, 0.717) is 10.7 Å². The average Bonchev–Trinajstić information content (AvgIpc) is 3.30. The topological polar surface area (TPSA) is 107 Å². The van der Waals surface area contributed by atoms with Crippen molar-refractivity contribution in [3.8, 4) is 11.1 Å². The number of furan rings is 1. The maximum Gasteiger partial charge on any atom is 0.340 e. The molecule has 3 rings (SSSR count). The van der Waals surface area contributed by atoms with E-state index in [9.17, 15) is 14.4 Å². The Bertz CT molecular complexity index is 1060. The molecule has 1 heterocycles. The Balaban J connectivity index is 1.46. The minimum atomic E-state index is -0.642. The summed E-state index contributed by atoms with van der Waals surface area (Å²) in [7, 11) is 1.22. The van der Waals surface area contributed by atoms with Crippen molar-refractivity contribution in [2.45, 2.75) is 0 Å². The predicted octanol–water partition coefficient (Wildman–Crippen LogP) is 3.98. The van der Waals surface area contributed by atoms with Crippen LogP contribution in [0.3, 0.4) is 0 Å². The van der Waals surface area contributed by atoms with Crippen LogP contribution in [0, 0.1) is 0 Å². The third kappa shape index (κ3) is 6.18. The zero-order valence-corrected chi connectivity index (χ0v) is 17.3. The van der Waals surface area contributed by atoms with Crippen LogP contribution in [-0.2, 0) is 19.1 Å². The number of carbonyl (C=O) groups excluding carboxylic acids is 3. The summed E-state index contributed by atoms with van der Waals surface area (Å²) in [6.07, 6.45) is 3.21. The molecule has 0 saturated heterocycles. The van der Waals surface area contributed by atoms with E-state index in [1.54, 1.807) is 24.7 Å². The molecule has 0 unspecified atom stereocenters. The fraction of sp³-hybridized carbons (Fsp3) is 0.136. The molecule has 2 N–H and O–H groups in total. The maximum absolute atomic E-state index is 12.1. The van der Waals surface area contributed by atoms with Gasteiger partial charge in [-0.15, -0.1) is 0 Å². The van der Waals surface area contributed by atoms with Gasteiger partial charge in [0.05, 0.1) is 30.9 Å². The molecule has 31 heavy (non-hydrogen) atoms. The third-order valence-electron chi connectivity index (χ3n) is 4.15. The molecule has 0 fully saturated rings. The van der Waals surface area contributed by atoms with Gasteiger partial charge in [-0.25, -0.2) is 4.79 Å². The Labute approximate surface area is 183 Å². The van der Waals surface area contributed by atoms with Crippen LogP contribution in [0.15, 0.2) is 65.5 Å². The molecule has 3 aromatic rings. The van der Waals surface area contributed by atoms with Crippen molar-refractivity contribution in [1.82, 2.24) is 0 Å². The molecule has 0 atom stereocenters. The summed E-state index contributed by atoms with van der Waals surface area (Å²) in [6.45, 7) is -0.697. The number of carbonyl (C=O) groups is 3. The fourth-order valence-corrected chi connectivity index (χ4v) is 2.87. The van der Waals surface area contributed by atoms with Crippen molar-refractivity contribution in [1.29, 1.82) is 0 Å². The molecule has 0 aliphatic rings. The van der Waals surface area contributed by atoms with E-state index in [0.717, 1.165) is 11.1 Å². The van der Waals surface area contributed by atoms with E-state index in [1.807, 2.05) is 18.2 Å². The SMILES string of the molecule is COC(=O)c1cc(Cl)ccc1NC(=O)COCC(=O)Nc1ccc(-c2ccoc2)cc1. The van der Waals surface area contributed by atoms with Gasteiger partial charge in [-0.05, 0) is 42.0 Å². The van der Waals surface area contributed by atoms with E-state index in [1.165, 1.54) is 25.3 Å². The molecule has 8 nitrogen and oxygen atoms in total. The van der Waals surface area contributed by atoms with Crippen LogP contribution in [0.1, 0.15) is 10.4 Å². The minimum absolute atomic E-state index is 0.111. The molecule has 1 aromatic heterocycles. The predicted molar refractivity (Wildman–Crippen MR) is 115 cm³/mol. The first-order valence-corrected chi connectivity index (χ1v) is 9.52. The van der Waals surface area contributed by atoms with Gasteiger partial charge >= 0.3 is 5.97 Å². The summed E-state index contributed by atoms with van der Waals surface area (Å²) in [5.41, 5.74) is 2.82. The monoisotopic (exact) mass is 442 g/mol. The lowest BCUT2D eigenvalue weighted by molar-refractivity contribution is -0.125. The van der Waals surface area contributed by atoms with E-state index in [-0.39, 0.29) is 24.5 Å². The fourth-order valence-electron chi connectivity index (χ4n) is 2.70. The largest absolute Gasteiger partial charge is 0.472 e. The van der Waals surface area contributed by atoms with Crippen molar-refractivity contribution in [3.05, 3.63) is 71.6 Å². The highest BCUT2D eigenvalue weighted by atomic mass is 35.5. The Morgan fingerprint density at radius 1 is 0.935 bits per heavy atom. The number of amides is 2. The number of methoxy groups -OCH3 is 1. The van der Waals surface area contributed by atoms with E-state index in [4.69, 9.17) is 20.8 Å². The number of hydrogen-bond acceptors (Lipinski definition) is 6. The molecule has 0 spiro atoms. The average molecular weight is 443 g/mol. The van der Waals surface area contributed by atoms with Gasteiger partial charge in [-0.1, -0.05) is 23.7 Å². The lowest BCUT2D eigenvalue weighted by Crippen LogP contribution is -2.24. The van der Waals surface area contributed by atoms with E-state index >= 15 is 0 Å². The molecule has 2 aromatic carbocycles. The third-order valence-corrected chi connectivity index (χ3v) is 4.39. The second-order valence-electron chi connectivity index (χ2n) is 6.36. The Morgan fingerprint density at radius 2 is 1.65 bits per heavy atom. The first-order valence-electron chi connectivity index (χ1n) is 9.14. The minimum Gasteiger partial charge on any atom is -0.472 e. The number of esters is 1. The van der Waals surface area contributed by atoms with Crippen LogP contribution < -0.4 is 10.6 Å². The molecular weight excluding hydrogens is 424 g/mol. The highest BCUT2D eigenvalue weighted by molar-refractivity contribution is 6.31. The highest BCUT2D eigenvalue weighted by Crippen LogP contribution is 2.22. The van der Waals surface area contributed by atoms with Crippen LogP contribution in [0.2, 0.25) is 5.02 Å². The zero-order chi connectivity index (χ0) is 22.2. The molecule has 9 heteroatoms. The molecule has 0 saturated carbocycles. The molecule has 0 aliphatic carbocycles. The van der Waals surface area contributed by atoms with Crippen molar-refractivity contribution < 1.29 is 28.3 Å². The van der Waals surface area contributed by atoms with Gasteiger partial charge < -0.3 is 24.5 Å². The smallest absolute Gasteiger partial charge is 0.340 e. The summed E-state index contributed by atoms with van der Waals surface area (Å²) in [5, 5.41) is 5.54. The molecule has 0 aliphatic heterocycles. The highest BCUT2D eigenvalue weighted by Gasteiger charge is 2.15. The number of ether oxygens (including phenoxy) is 2. The first kappa shape index (κ1) is 22.1. The summed E-state index contributed by atoms with van der Waals surface area (Å²) in [5.74, 6) is -1.59. The standard InChI is InChI=1S/C22H19ClN2O6/c1-29-22(28)18-10-16(23)4-7-19(18)25-21(27)13-31-12-20(26)24-17-5-2-14(3-6-17)15-8-9-30-11-15/h2-11H,12-13H2,1H3,(H,24,26)(H,25,27). The van der Waals surface area contributed by atoms with Gasteiger partial charge in [0.1, 0.15) is 13.2 Å². The quantitative estimate of drug-likeness (QED) is 0.511. The van der Waals surface area contributed by atoms with Crippen molar-refractivity contribution in [2.75, 3.05) is 31.0 Å². The lowest BCUT2D eigenvalue weighted by atomic mass is 10.1. The number of anilines is 2. The summed E-state index contributed by atoms with van der Waals surface area (Å²) in [6, 6.07) is 13.4. The van der Waals surface area contributed by atoms with Gasteiger partial charge in [-0.2, -0.15) is 0 Å². The maximum atomic E-state index is 12.1.